The smallest absolute Gasteiger partial charge is 0.356 e. The van der Waals surface area contributed by atoms with Crippen LogP contribution < -0.4 is 14.2 Å². The third kappa shape index (κ3) is 2.83. The number of rotatable bonds is 3. The van der Waals surface area contributed by atoms with E-state index in [1.807, 2.05) is 0 Å². The van der Waals surface area contributed by atoms with Gasteiger partial charge in [-0.1, -0.05) is 11.6 Å². The molecule has 0 saturated carbocycles. The van der Waals surface area contributed by atoms with E-state index in [-0.39, 0.29) is 27.8 Å². The van der Waals surface area contributed by atoms with Crippen molar-refractivity contribution >= 4 is 23.4 Å². The maximum absolute atomic E-state index is 12.5. The summed E-state index contributed by atoms with van der Waals surface area (Å²) in [7, 11) is 2.83. The van der Waals surface area contributed by atoms with Crippen molar-refractivity contribution in [2.75, 3.05) is 14.2 Å². The Hall–Kier alpha value is -1.95. The van der Waals surface area contributed by atoms with E-state index in [0.717, 1.165) is 0 Å². The summed E-state index contributed by atoms with van der Waals surface area (Å²) in [6.07, 6.45) is -1.40. The van der Waals surface area contributed by atoms with Crippen molar-refractivity contribution in [3.63, 3.8) is 0 Å². The minimum Gasteiger partial charge on any atom is -0.496 e. The molecule has 1 aromatic carbocycles. The van der Waals surface area contributed by atoms with Crippen LogP contribution in [0.2, 0.25) is 5.02 Å². The fraction of sp³-hybridized carbons (Fsp3) is 0.467. The first-order chi connectivity index (χ1) is 10.2. The fourth-order valence-corrected chi connectivity index (χ4v) is 2.33. The Morgan fingerprint density at radius 2 is 1.82 bits per heavy atom. The fourth-order valence-electron chi connectivity index (χ4n) is 2.05. The highest BCUT2D eigenvalue weighted by Crippen LogP contribution is 2.47. The first kappa shape index (κ1) is 16.4. The summed E-state index contributed by atoms with van der Waals surface area (Å²) in [4.78, 5) is 24.6. The van der Waals surface area contributed by atoms with Crippen LogP contribution in [-0.2, 0) is 9.53 Å². The molecule has 1 aliphatic rings. The van der Waals surface area contributed by atoms with Crippen LogP contribution in [0.4, 0.5) is 0 Å². The number of carbonyl (C=O) groups excluding carboxylic acids is 2. The second kappa shape index (κ2) is 5.68. The van der Waals surface area contributed by atoms with Gasteiger partial charge in [0, 0.05) is 6.07 Å². The number of fused-ring (bicyclic) bond motifs is 1. The van der Waals surface area contributed by atoms with Crippen LogP contribution in [0.15, 0.2) is 6.07 Å². The number of Topliss-reactive ketones (excluding diaryl/α,β-unsaturated/α-hetero) is 1. The van der Waals surface area contributed by atoms with Gasteiger partial charge in [0.25, 0.3) is 6.10 Å². The molecule has 1 unspecified atom stereocenters. The maximum Gasteiger partial charge on any atom is 0.356 e. The highest BCUT2D eigenvalue weighted by molar-refractivity contribution is 6.35. The molecule has 0 bridgehead atoms. The van der Waals surface area contributed by atoms with E-state index >= 15 is 0 Å². The number of esters is 1. The Balaban J connectivity index is 2.43. The molecule has 0 radical (unpaired) electrons. The van der Waals surface area contributed by atoms with Crippen LogP contribution in [0.25, 0.3) is 0 Å². The van der Waals surface area contributed by atoms with Gasteiger partial charge in [-0.25, -0.2) is 4.79 Å². The molecule has 0 aliphatic carbocycles. The lowest BCUT2D eigenvalue weighted by molar-refractivity contribution is -0.160. The quantitative estimate of drug-likeness (QED) is 0.627. The number of benzene rings is 1. The highest BCUT2D eigenvalue weighted by Gasteiger charge is 2.44. The van der Waals surface area contributed by atoms with Crippen molar-refractivity contribution in [1.82, 2.24) is 0 Å². The molecule has 0 N–H and O–H groups in total. The topological polar surface area (TPSA) is 71.1 Å². The van der Waals surface area contributed by atoms with Gasteiger partial charge in [0.2, 0.25) is 5.78 Å². The Morgan fingerprint density at radius 1 is 1.23 bits per heavy atom. The third-order valence-corrected chi connectivity index (χ3v) is 3.29. The predicted octanol–water partition coefficient (Wildman–Crippen LogP) is 2.64. The number of ether oxygens (including phenoxy) is 4. The largest absolute Gasteiger partial charge is 0.496 e. The average molecular weight is 329 g/mol. The van der Waals surface area contributed by atoms with E-state index in [9.17, 15) is 9.59 Å². The zero-order valence-corrected chi connectivity index (χ0v) is 13.7. The van der Waals surface area contributed by atoms with Crippen molar-refractivity contribution in [2.24, 2.45) is 0 Å². The van der Waals surface area contributed by atoms with Gasteiger partial charge in [0.05, 0.1) is 14.2 Å². The Morgan fingerprint density at radius 3 is 2.32 bits per heavy atom. The predicted molar refractivity (Wildman–Crippen MR) is 79.1 cm³/mol. The van der Waals surface area contributed by atoms with Gasteiger partial charge in [-0.05, 0) is 20.8 Å². The molecule has 22 heavy (non-hydrogen) atoms. The summed E-state index contributed by atoms with van der Waals surface area (Å²) in [6.45, 7) is 5.11. The molecular formula is C15H17ClO6. The van der Waals surface area contributed by atoms with Crippen LogP contribution in [0.1, 0.15) is 31.1 Å². The van der Waals surface area contributed by atoms with E-state index in [2.05, 4.69) is 0 Å². The lowest BCUT2D eigenvalue weighted by atomic mass is 10.1. The van der Waals surface area contributed by atoms with Crippen molar-refractivity contribution in [3.8, 4) is 17.2 Å². The number of carbonyl (C=O) groups is 2. The van der Waals surface area contributed by atoms with Crippen molar-refractivity contribution in [2.45, 2.75) is 32.5 Å². The molecule has 0 fully saturated rings. The number of halogens is 1. The van der Waals surface area contributed by atoms with Gasteiger partial charge in [0.15, 0.2) is 5.75 Å². The van der Waals surface area contributed by atoms with Crippen molar-refractivity contribution in [1.29, 1.82) is 0 Å². The lowest BCUT2D eigenvalue weighted by Gasteiger charge is -2.21. The van der Waals surface area contributed by atoms with E-state index in [0.29, 0.717) is 0 Å². The van der Waals surface area contributed by atoms with Crippen LogP contribution >= 0.6 is 11.6 Å². The monoisotopic (exact) mass is 328 g/mol. The van der Waals surface area contributed by atoms with Crippen molar-refractivity contribution in [3.05, 3.63) is 16.7 Å². The summed E-state index contributed by atoms with van der Waals surface area (Å²) < 4.78 is 20.9. The number of methoxy groups -OCH3 is 2. The standard InChI is InChI=1S/C15H17ClO6/c1-15(2,3)22-14(18)13-11(17)9-7(19-4)6-8(20-5)10(16)12(9)21-13/h6,13H,1-5H3. The van der Waals surface area contributed by atoms with Crippen LogP contribution in [-0.4, -0.2) is 37.7 Å². The molecule has 0 amide bonds. The summed E-state index contributed by atoms with van der Waals surface area (Å²) in [5, 5.41) is 0.109. The molecule has 1 aliphatic heterocycles. The average Bonchev–Trinajstić information content (AvgIpc) is 2.76. The molecule has 2 rings (SSSR count). The first-order valence-electron chi connectivity index (χ1n) is 6.57. The van der Waals surface area contributed by atoms with Crippen LogP contribution in [0, 0.1) is 0 Å². The van der Waals surface area contributed by atoms with Gasteiger partial charge in [0.1, 0.15) is 27.7 Å². The highest BCUT2D eigenvalue weighted by atomic mass is 35.5. The normalized spacial score (nSPS) is 16.8. The molecule has 0 saturated heterocycles. The molecule has 120 valence electrons. The zero-order valence-electron chi connectivity index (χ0n) is 13.0. The van der Waals surface area contributed by atoms with E-state index in [4.69, 9.17) is 30.5 Å². The van der Waals surface area contributed by atoms with E-state index in [1.54, 1.807) is 20.8 Å². The molecule has 6 nitrogen and oxygen atoms in total. The Kier molecular flexibility index (Phi) is 4.24. The molecule has 0 aromatic heterocycles. The second-order valence-electron chi connectivity index (χ2n) is 5.69. The second-order valence-corrected chi connectivity index (χ2v) is 6.07. The first-order valence-corrected chi connectivity index (χ1v) is 6.95. The number of hydrogen-bond acceptors (Lipinski definition) is 6. The maximum atomic E-state index is 12.5. The minimum absolute atomic E-state index is 0.0683. The molecule has 1 heterocycles. The number of ketones is 1. The molecular weight excluding hydrogens is 312 g/mol. The van der Waals surface area contributed by atoms with Crippen LogP contribution in [0.5, 0.6) is 17.2 Å². The lowest BCUT2D eigenvalue weighted by Crippen LogP contribution is -2.37. The molecule has 1 atom stereocenters. The van der Waals surface area contributed by atoms with Crippen molar-refractivity contribution < 1.29 is 28.5 Å². The van der Waals surface area contributed by atoms with Gasteiger partial charge < -0.3 is 18.9 Å². The molecule has 1 aromatic rings. The molecule has 7 heteroatoms. The summed E-state index contributed by atoms with van der Waals surface area (Å²) in [5.41, 5.74) is -0.620. The van der Waals surface area contributed by atoms with Gasteiger partial charge >= 0.3 is 5.97 Å². The van der Waals surface area contributed by atoms with Gasteiger partial charge in [-0.15, -0.1) is 0 Å². The Bertz CT molecular complexity index is 632. The summed E-state index contributed by atoms with van der Waals surface area (Å²) in [6, 6.07) is 1.47. The molecule has 0 spiro atoms. The van der Waals surface area contributed by atoms with E-state index in [1.165, 1.54) is 20.3 Å². The van der Waals surface area contributed by atoms with Crippen LogP contribution in [0.3, 0.4) is 0 Å². The van der Waals surface area contributed by atoms with E-state index < -0.39 is 23.5 Å². The van der Waals surface area contributed by atoms with Gasteiger partial charge in [-0.3, -0.25) is 4.79 Å². The van der Waals surface area contributed by atoms with Gasteiger partial charge in [-0.2, -0.15) is 0 Å². The summed E-state index contributed by atoms with van der Waals surface area (Å²) >= 11 is 6.14. The third-order valence-electron chi connectivity index (χ3n) is 2.93. The number of hydrogen-bond donors (Lipinski definition) is 0. The SMILES string of the molecule is COc1cc(OC)c2c(c1Cl)OC(C(=O)OC(C)(C)C)C2=O. The zero-order chi connectivity index (χ0) is 16.7. The Labute approximate surface area is 133 Å². The summed E-state index contributed by atoms with van der Waals surface area (Å²) in [5.74, 6) is -0.739. The minimum atomic E-state index is -1.40.